The van der Waals surface area contributed by atoms with Crippen LogP contribution in [0.1, 0.15) is 91.5 Å². The molecule has 0 saturated carbocycles. The van der Waals surface area contributed by atoms with Crippen LogP contribution in [0.25, 0.3) is 0 Å². The van der Waals surface area contributed by atoms with Gasteiger partial charge in [-0.25, -0.2) is 9.59 Å². The first-order valence-electron chi connectivity index (χ1n) is 16.7. The van der Waals surface area contributed by atoms with Crippen LogP contribution < -0.4 is 18.9 Å². The lowest BCUT2D eigenvalue weighted by atomic mass is 10.2. The Morgan fingerprint density at radius 2 is 1.16 bits per heavy atom. The molecule has 0 fully saturated rings. The molecule has 0 radical (unpaired) electrons. The second-order valence-electron chi connectivity index (χ2n) is 11.4. The SMILES string of the molecule is CCCCCCOc1ccc(C(=O)Oc2ccc(OC(=O)c3ccc(OCCCCCC)cc3)c(C=Nc3ccc([N+](=O)[O-])cc3)c2)cc1. The quantitative estimate of drug-likeness (QED) is 0.0242. The highest BCUT2D eigenvalue weighted by Gasteiger charge is 2.15. The highest BCUT2D eigenvalue weighted by atomic mass is 16.6. The Morgan fingerprint density at radius 3 is 1.67 bits per heavy atom. The first-order chi connectivity index (χ1) is 23.9. The average molecular weight is 667 g/mol. The van der Waals surface area contributed by atoms with E-state index in [1.807, 2.05) is 0 Å². The number of nitro groups is 1. The third kappa shape index (κ3) is 11.9. The van der Waals surface area contributed by atoms with Crippen LogP contribution in [0.5, 0.6) is 23.0 Å². The van der Waals surface area contributed by atoms with Crippen LogP contribution in [-0.2, 0) is 0 Å². The van der Waals surface area contributed by atoms with Crippen molar-refractivity contribution >= 4 is 29.5 Å². The van der Waals surface area contributed by atoms with Gasteiger partial charge in [-0.2, -0.15) is 0 Å². The van der Waals surface area contributed by atoms with Crippen molar-refractivity contribution < 1.29 is 33.5 Å². The van der Waals surface area contributed by atoms with Gasteiger partial charge in [0.05, 0.1) is 35.0 Å². The van der Waals surface area contributed by atoms with Gasteiger partial charge in [0.2, 0.25) is 0 Å². The number of nitrogens with zero attached hydrogens (tertiary/aromatic N) is 2. The number of nitro benzene ring substituents is 1. The standard InChI is InChI=1S/C39H42N2O8/c1-3-5-7-9-25-46-34-19-11-29(12-20-34)38(42)48-36-23-24-37(31(27-36)28-40-32-15-17-33(18-16-32)41(44)45)49-39(43)30-13-21-35(22-14-30)47-26-10-8-6-4-2/h11-24,27-28H,3-10,25-26H2,1-2H3. The molecule has 4 rings (SSSR count). The predicted molar refractivity (Wildman–Crippen MR) is 189 cm³/mol. The summed E-state index contributed by atoms with van der Waals surface area (Å²) in [6.45, 7) is 5.54. The zero-order valence-electron chi connectivity index (χ0n) is 28.0. The maximum Gasteiger partial charge on any atom is 0.343 e. The number of unbranched alkanes of at least 4 members (excludes halogenated alkanes) is 6. The van der Waals surface area contributed by atoms with E-state index in [1.54, 1.807) is 48.5 Å². The molecular formula is C39H42N2O8. The second kappa shape index (κ2) is 19.3. The molecule has 10 nitrogen and oxygen atoms in total. The third-order valence-electron chi connectivity index (χ3n) is 7.52. The maximum atomic E-state index is 13.1. The molecule has 0 amide bonds. The fourth-order valence-corrected chi connectivity index (χ4v) is 4.73. The number of hydrogen-bond acceptors (Lipinski definition) is 9. The average Bonchev–Trinajstić information content (AvgIpc) is 3.12. The number of esters is 2. The second-order valence-corrected chi connectivity index (χ2v) is 11.4. The van der Waals surface area contributed by atoms with Gasteiger partial charge in [-0.3, -0.25) is 15.1 Å². The van der Waals surface area contributed by atoms with Gasteiger partial charge in [0.25, 0.3) is 5.69 Å². The lowest BCUT2D eigenvalue weighted by molar-refractivity contribution is -0.384. The Balaban J connectivity index is 1.46. The minimum atomic E-state index is -0.600. The lowest BCUT2D eigenvalue weighted by Crippen LogP contribution is -2.11. The van der Waals surface area contributed by atoms with Crippen molar-refractivity contribution in [1.82, 2.24) is 0 Å². The summed E-state index contributed by atoms with van der Waals surface area (Å²) >= 11 is 0. The number of carbonyl (C=O) groups is 2. The molecule has 0 spiro atoms. The van der Waals surface area contributed by atoms with Crippen LogP contribution in [-0.4, -0.2) is 36.3 Å². The van der Waals surface area contributed by atoms with Crippen molar-refractivity contribution in [3.8, 4) is 23.0 Å². The number of non-ortho nitro benzene ring substituents is 1. The van der Waals surface area contributed by atoms with Gasteiger partial charge < -0.3 is 18.9 Å². The Morgan fingerprint density at radius 1 is 0.653 bits per heavy atom. The molecule has 0 atom stereocenters. The minimum absolute atomic E-state index is 0.0676. The van der Waals surface area contributed by atoms with Crippen LogP contribution in [0, 0.1) is 10.1 Å². The molecule has 0 saturated heterocycles. The molecule has 10 heteroatoms. The van der Waals surface area contributed by atoms with Gasteiger partial charge >= 0.3 is 11.9 Å². The summed E-state index contributed by atoms with van der Waals surface area (Å²) in [5, 5.41) is 11.0. The molecule has 0 aliphatic carbocycles. The van der Waals surface area contributed by atoms with E-state index in [0.29, 0.717) is 47.1 Å². The molecular weight excluding hydrogens is 624 g/mol. The summed E-state index contributed by atoms with van der Waals surface area (Å²) < 4.78 is 22.9. The van der Waals surface area contributed by atoms with Gasteiger partial charge in [0.15, 0.2) is 0 Å². The van der Waals surface area contributed by atoms with Crippen LogP contribution in [0.15, 0.2) is 96.0 Å². The smallest absolute Gasteiger partial charge is 0.343 e. The summed E-state index contributed by atoms with van der Waals surface area (Å²) in [5.41, 5.74) is 1.37. The van der Waals surface area contributed by atoms with Crippen LogP contribution in [0.4, 0.5) is 11.4 Å². The fraction of sp³-hybridized carbons (Fsp3) is 0.308. The van der Waals surface area contributed by atoms with E-state index in [2.05, 4.69) is 18.8 Å². The number of rotatable bonds is 19. The highest BCUT2D eigenvalue weighted by Crippen LogP contribution is 2.27. The van der Waals surface area contributed by atoms with Gasteiger partial charge in [-0.05, 0) is 91.7 Å². The van der Waals surface area contributed by atoms with Crippen molar-refractivity contribution in [2.75, 3.05) is 13.2 Å². The normalized spacial score (nSPS) is 10.9. The molecule has 256 valence electrons. The number of hydrogen-bond donors (Lipinski definition) is 0. The van der Waals surface area contributed by atoms with E-state index in [9.17, 15) is 19.7 Å². The van der Waals surface area contributed by atoms with Crippen LogP contribution in [0.3, 0.4) is 0 Å². The van der Waals surface area contributed by atoms with Crippen molar-refractivity contribution in [3.05, 3.63) is 118 Å². The van der Waals surface area contributed by atoms with Crippen molar-refractivity contribution in [2.24, 2.45) is 4.99 Å². The van der Waals surface area contributed by atoms with E-state index < -0.39 is 16.9 Å². The van der Waals surface area contributed by atoms with E-state index in [0.717, 1.165) is 38.5 Å². The molecule has 4 aromatic rings. The molecule has 4 aromatic carbocycles. The number of carbonyl (C=O) groups excluding carboxylic acids is 2. The Kier molecular flexibility index (Phi) is 14.3. The van der Waals surface area contributed by atoms with Gasteiger partial charge in [-0.15, -0.1) is 0 Å². The zero-order chi connectivity index (χ0) is 34.8. The molecule has 49 heavy (non-hydrogen) atoms. The van der Waals surface area contributed by atoms with E-state index in [1.165, 1.54) is 61.5 Å². The first-order valence-corrected chi connectivity index (χ1v) is 16.7. The number of ether oxygens (including phenoxy) is 4. The monoisotopic (exact) mass is 666 g/mol. The minimum Gasteiger partial charge on any atom is -0.494 e. The van der Waals surface area contributed by atoms with E-state index in [-0.39, 0.29) is 17.2 Å². The van der Waals surface area contributed by atoms with E-state index >= 15 is 0 Å². The molecule has 0 bridgehead atoms. The highest BCUT2D eigenvalue weighted by molar-refractivity contribution is 5.94. The molecule has 0 unspecified atom stereocenters. The Hall–Kier alpha value is -5.51. The largest absolute Gasteiger partial charge is 0.494 e. The summed E-state index contributed by atoms with van der Waals surface area (Å²) in [6, 6.07) is 23.7. The summed E-state index contributed by atoms with van der Waals surface area (Å²) in [4.78, 5) is 41.0. The summed E-state index contributed by atoms with van der Waals surface area (Å²) in [6.07, 6.45) is 10.2. The molecule has 0 aliphatic rings. The number of benzene rings is 4. The first kappa shape index (κ1) is 36.3. The topological polar surface area (TPSA) is 127 Å². The Labute approximate surface area is 286 Å². The summed E-state index contributed by atoms with van der Waals surface area (Å²) in [5.74, 6) is 0.536. The van der Waals surface area contributed by atoms with Crippen molar-refractivity contribution in [1.29, 1.82) is 0 Å². The molecule has 0 N–H and O–H groups in total. The molecule has 0 aromatic heterocycles. The summed E-state index contributed by atoms with van der Waals surface area (Å²) in [7, 11) is 0. The zero-order valence-corrected chi connectivity index (χ0v) is 28.0. The lowest BCUT2D eigenvalue weighted by Gasteiger charge is -2.11. The van der Waals surface area contributed by atoms with Crippen LogP contribution in [0.2, 0.25) is 0 Å². The van der Waals surface area contributed by atoms with Gasteiger partial charge in [-0.1, -0.05) is 52.4 Å². The van der Waals surface area contributed by atoms with Gasteiger partial charge in [0.1, 0.15) is 23.0 Å². The van der Waals surface area contributed by atoms with Gasteiger partial charge in [0, 0.05) is 23.9 Å². The number of aliphatic imine (C=N–C) groups is 1. The van der Waals surface area contributed by atoms with Crippen molar-refractivity contribution in [2.45, 2.75) is 65.2 Å². The van der Waals surface area contributed by atoms with Crippen LogP contribution >= 0.6 is 0 Å². The Bertz CT molecular complexity index is 1680. The fourth-order valence-electron chi connectivity index (χ4n) is 4.73. The third-order valence-corrected chi connectivity index (χ3v) is 7.52. The predicted octanol–water partition coefficient (Wildman–Crippen LogP) is 9.70. The molecule has 0 aliphatic heterocycles. The van der Waals surface area contributed by atoms with Crippen molar-refractivity contribution in [3.63, 3.8) is 0 Å². The maximum absolute atomic E-state index is 13.1. The van der Waals surface area contributed by atoms with E-state index in [4.69, 9.17) is 18.9 Å². The molecule has 0 heterocycles.